The van der Waals surface area contributed by atoms with Gasteiger partial charge in [0.1, 0.15) is 34.0 Å². The van der Waals surface area contributed by atoms with Crippen LogP contribution in [0.1, 0.15) is 46.6 Å². The van der Waals surface area contributed by atoms with Gasteiger partial charge < -0.3 is 4.74 Å². The Bertz CT molecular complexity index is 1270. The zero-order valence-corrected chi connectivity index (χ0v) is 16.9. The molecule has 150 valence electrons. The molecule has 0 aromatic carbocycles. The van der Waals surface area contributed by atoms with Gasteiger partial charge in [0.2, 0.25) is 0 Å². The van der Waals surface area contributed by atoms with Crippen LogP contribution in [0, 0.1) is 24.0 Å². The Morgan fingerprint density at radius 2 is 2.14 bits per heavy atom. The van der Waals surface area contributed by atoms with Crippen LogP contribution in [0.2, 0.25) is 0 Å². The first-order valence-corrected chi connectivity index (χ1v) is 9.65. The average molecular weight is 415 g/mol. The fourth-order valence-corrected chi connectivity index (χ4v) is 4.12. The number of carbonyl (C=O) groups excluding carboxylic acids is 1. The normalized spacial score (nSPS) is 12.6. The minimum atomic E-state index is -0.470. The first-order valence-electron chi connectivity index (χ1n) is 8.83. The number of esters is 1. The van der Waals surface area contributed by atoms with E-state index in [2.05, 4.69) is 20.2 Å². The Kier molecular flexibility index (Phi) is 4.49. The van der Waals surface area contributed by atoms with Crippen molar-refractivity contribution in [3.8, 4) is 0 Å². The first kappa shape index (κ1) is 18.9. The van der Waals surface area contributed by atoms with Crippen molar-refractivity contribution in [1.82, 2.24) is 29.4 Å². The summed E-state index contributed by atoms with van der Waals surface area (Å²) in [6.45, 7) is 7.25. The second kappa shape index (κ2) is 6.88. The van der Waals surface area contributed by atoms with E-state index in [1.54, 1.807) is 20.8 Å². The van der Waals surface area contributed by atoms with Gasteiger partial charge in [0.15, 0.2) is 11.5 Å². The number of hydrogen-bond donors (Lipinski definition) is 0. The number of fused-ring (bicyclic) bond motifs is 3. The van der Waals surface area contributed by atoms with E-state index in [1.165, 1.54) is 33.1 Å². The highest BCUT2D eigenvalue weighted by atomic mass is 32.1. The zero-order chi connectivity index (χ0) is 20.9. The maximum Gasteiger partial charge on any atom is 0.348 e. The van der Waals surface area contributed by atoms with E-state index in [4.69, 9.17) is 4.74 Å². The summed E-state index contributed by atoms with van der Waals surface area (Å²) in [6, 6.07) is -0.430. The largest absolute Gasteiger partial charge is 0.462 e. The molecule has 4 aromatic heterocycles. The molecule has 12 heteroatoms. The van der Waals surface area contributed by atoms with Gasteiger partial charge in [0.05, 0.1) is 16.9 Å². The number of nitro groups is 1. The van der Waals surface area contributed by atoms with Crippen LogP contribution < -0.4 is 0 Å². The van der Waals surface area contributed by atoms with Crippen LogP contribution in [0.25, 0.3) is 15.9 Å². The van der Waals surface area contributed by atoms with Crippen molar-refractivity contribution < 1.29 is 14.5 Å². The first-order chi connectivity index (χ1) is 13.8. The lowest BCUT2D eigenvalue weighted by Gasteiger charge is -2.06. The third-order valence-corrected chi connectivity index (χ3v) is 5.78. The molecule has 4 rings (SSSR count). The van der Waals surface area contributed by atoms with Crippen LogP contribution in [0.15, 0.2) is 12.5 Å². The highest BCUT2D eigenvalue weighted by Crippen LogP contribution is 2.32. The molecule has 0 saturated heterocycles. The van der Waals surface area contributed by atoms with Gasteiger partial charge in [-0.3, -0.25) is 14.8 Å². The monoisotopic (exact) mass is 415 g/mol. The van der Waals surface area contributed by atoms with Gasteiger partial charge in [-0.2, -0.15) is 5.10 Å². The SMILES string of the molecule is CCOC(=O)c1sc2ncn3nc(C(C)n4cc([N+](=O)[O-])c(C)n4)nc3c2c1C. The molecule has 0 amide bonds. The number of nitrogens with zero attached hydrogens (tertiary/aromatic N) is 7. The predicted molar refractivity (Wildman–Crippen MR) is 104 cm³/mol. The lowest BCUT2D eigenvalue weighted by molar-refractivity contribution is -0.385. The number of aryl methyl sites for hydroxylation is 2. The number of rotatable bonds is 5. The molecule has 0 fully saturated rings. The van der Waals surface area contributed by atoms with E-state index in [0.717, 1.165) is 10.9 Å². The van der Waals surface area contributed by atoms with Crippen molar-refractivity contribution in [3.63, 3.8) is 0 Å². The number of ether oxygens (including phenoxy) is 1. The van der Waals surface area contributed by atoms with Crippen molar-refractivity contribution >= 4 is 38.9 Å². The summed E-state index contributed by atoms with van der Waals surface area (Å²) in [5, 5.41) is 20.5. The number of carbonyl (C=O) groups is 1. The van der Waals surface area contributed by atoms with Crippen molar-refractivity contribution in [2.75, 3.05) is 6.61 Å². The summed E-state index contributed by atoms with van der Waals surface area (Å²) in [7, 11) is 0. The fraction of sp³-hybridized carbons (Fsp3) is 0.353. The summed E-state index contributed by atoms with van der Waals surface area (Å²) in [4.78, 5) is 33.0. The smallest absolute Gasteiger partial charge is 0.348 e. The lowest BCUT2D eigenvalue weighted by atomic mass is 10.2. The Morgan fingerprint density at radius 1 is 1.38 bits per heavy atom. The molecule has 0 aliphatic heterocycles. The maximum atomic E-state index is 12.2. The molecule has 29 heavy (non-hydrogen) atoms. The van der Waals surface area contributed by atoms with Gasteiger partial charge in [0.25, 0.3) is 0 Å². The number of thiophene rings is 1. The highest BCUT2D eigenvalue weighted by molar-refractivity contribution is 7.20. The number of aromatic nitrogens is 6. The van der Waals surface area contributed by atoms with Crippen molar-refractivity contribution in [2.45, 2.75) is 33.7 Å². The molecular weight excluding hydrogens is 398 g/mol. The van der Waals surface area contributed by atoms with E-state index >= 15 is 0 Å². The molecule has 1 unspecified atom stereocenters. The van der Waals surface area contributed by atoms with Crippen LogP contribution in [-0.4, -0.2) is 46.9 Å². The Labute approximate surface area is 168 Å². The molecule has 0 N–H and O–H groups in total. The zero-order valence-electron chi connectivity index (χ0n) is 16.1. The van der Waals surface area contributed by atoms with Gasteiger partial charge in [0, 0.05) is 0 Å². The van der Waals surface area contributed by atoms with Gasteiger partial charge in [-0.25, -0.2) is 19.3 Å². The van der Waals surface area contributed by atoms with Crippen molar-refractivity contribution in [3.05, 3.63) is 44.6 Å². The van der Waals surface area contributed by atoms with Gasteiger partial charge in [-0.1, -0.05) is 0 Å². The molecular formula is C17H17N7O4S. The third kappa shape index (κ3) is 3.01. The summed E-state index contributed by atoms with van der Waals surface area (Å²) >= 11 is 1.25. The molecule has 0 aliphatic rings. The molecule has 4 heterocycles. The predicted octanol–water partition coefficient (Wildman–Crippen LogP) is 2.85. The molecule has 11 nitrogen and oxygen atoms in total. The molecule has 0 aliphatic carbocycles. The van der Waals surface area contributed by atoms with Gasteiger partial charge in [-0.15, -0.1) is 16.4 Å². The summed E-state index contributed by atoms with van der Waals surface area (Å²) in [5.74, 6) is 0.0403. The van der Waals surface area contributed by atoms with Crippen LogP contribution in [0.3, 0.4) is 0 Å². The van der Waals surface area contributed by atoms with Crippen LogP contribution in [-0.2, 0) is 4.74 Å². The summed E-state index contributed by atoms with van der Waals surface area (Å²) in [6.07, 6.45) is 2.90. The standard InChI is InChI=1S/C17H17N7O4S/c1-5-28-17(25)13-8(2)12-15-19-14(21-23(15)7-18-16(12)29-13)10(4)22-6-11(24(26)27)9(3)20-22/h6-7,10H,5H2,1-4H3. The molecule has 0 bridgehead atoms. The van der Waals surface area contributed by atoms with Crippen molar-refractivity contribution in [1.29, 1.82) is 0 Å². The third-order valence-electron chi connectivity index (χ3n) is 4.60. The van der Waals surface area contributed by atoms with Gasteiger partial charge in [-0.05, 0) is 33.3 Å². The molecule has 1 atom stereocenters. The average Bonchev–Trinajstić information content (AvgIpc) is 3.36. The molecule has 0 spiro atoms. The minimum Gasteiger partial charge on any atom is -0.462 e. The van der Waals surface area contributed by atoms with Crippen LogP contribution in [0.5, 0.6) is 0 Å². The van der Waals surface area contributed by atoms with E-state index in [-0.39, 0.29) is 12.3 Å². The van der Waals surface area contributed by atoms with E-state index in [9.17, 15) is 14.9 Å². The summed E-state index contributed by atoms with van der Waals surface area (Å²) < 4.78 is 8.12. The quantitative estimate of drug-likeness (QED) is 0.276. The lowest BCUT2D eigenvalue weighted by Crippen LogP contribution is -2.09. The van der Waals surface area contributed by atoms with Crippen LogP contribution >= 0.6 is 11.3 Å². The number of hydrogen-bond acceptors (Lipinski definition) is 9. The highest BCUT2D eigenvalue weighted by Gasteiger charge is 2.24. The second-order valence-electron chi connectivity index (χ2n) is 6.45. The topological polar surface area (TPSA) is 130 Å². The molecule has 0 radical (unpaired) electrons. The molecule has 4 aromatic rings. The fourth-order valence-electron chi connectivity index (χ4n) is 3.09. The second-order valence-corrected chi connectivity index (χ2v) is 7.45. The van der Waals surface area contributed by atoms with E-state index in [0.29, 0.717) is 26.9 Å². The minimum absolute atomic E-state index is 0.0579. The maximum absolute atomic E-state index is 12.2. The van der Waals surface area contributed by atoms with Crippen molar-refractivity contribution in [2.24, 2.45) is 0 Å². The van der Waals surface area contributed by atoms with Gasteiger partial charge >= 0.3 is 11.7 Å². The van der Waals surface area contributed by atoms with E-state index < -0.39 is 16.9 Å². The van der Waals surface area contributed by atoms with Crippen LogP contribution in [0.4, 0.5) is 5.69 Å². The van der Waals surface area contributed by atoms with E-state index in [1.807, 2.05) is 6.92 Å². The molecule has 0 saturated carbocycles. The Morgan fingerprint density at radius 3 is 2.79 bits per heavy atom. The summed E-state index contributed by atoms with van der Waals surface area (Å²) in [5.41, 5.74) is 1.55. The Hall–Kier alpha value is -3.41. The Balaban J connectivity index is 1.81.